The molecule has 0 atom stereocenters. The molecule has 1 aromatic carbocycles. The van der Waals surface area contributed by atoms with Crippen molar-refractivity contribution in [2.45, 2.75) is 6.54 Å². The maximum Gasteiger partial charge on any atom is 0.0664 e. The lowest BCUT2D eigenvalue weighted by Crippen LogP contribution is -1.96. The number of fused-ring (bicyclic) bond motifs is 1. The number of nitrogens with two attached hydrogens (primary N) is 1. The van der Waals surface area contributed by atoms with Crippen LogP contribution in [-0.4, -0.2) is 4.57 Å². The number of rotatable bonds is 1. The van der Waals surface area contributed by atoms with Crippen molar-refractivity contribution in [3.05, 3.63) is 35.0 Å². The Kier molecular flexibility index (Phi) is 2.02. The molecule has 0 spiro atoms. The van der Waals surface area contributed by atoms with Crippen LogP contribution < -0.4 is 5.73 Å². The van der Waals surface area contributed by atoms with E-state index in [1.165, 1.54) is 0 Å². The van der Waals surface area contributed by atoms with E-state index in [0.717, 1.165) is 21.5 Å². The first-order chi connectivity index (χ1) is 6.24. The van der Waals surface area contributed by atoms with Crippen LogP contribution in [0.2, 0.25) is 5.02 Å². The van der Waals surface area contributed by atoms with E-state index in [9.17, 15) is 0 Å². The van der Waals surface area contributed by atoms with Crippen LogP contribution in [0.1, 0.15) is 5.56 Å². The van der Waals surface area contributed by atoms with E-state index in [0.29, 0.717) is 6.54 Å². The maximum absolute atomic E-state index is 6.09. The van der Waals surface area contributed by atoms with Gasteiger partial charge in [-0.2, -0.15) is 0 Å². The summed E-state index contributed by atoms with van der Waals surface area (Å²) in [4.78, 5) is 0. The van der Waals surface area contributed by atoms with Crippen LogP contribution in [-0.2, 0) is 13.6 Å². The largest absolute Gasteiger partial charge is 0.349 e. The molecule has 0 saturated carbocycles. The highest BCUT2D eigenvalue weighted by Crippen LogP contribution is 2.27. The summed E-state index contributed by atoms with van der Waals surface area (Å²) in [6.45, 7) is 0.529. The molecule has 0 saturated heterocycles. The molecule has 0 radical (unpaired) electrons. The minimum absolute atomic E-state index is 0.529. The summed E-state index contributed by atoms with van der Waals surface area (Å²) in [6, 6.07) is 6.05. The SMILES string of the molecule is Cn1cc(Cl)c2c(CN)cccc21. The van der Waals surface area contributed by atoms with Crippen LogP contribution in [0, 0.1) is 0 Å². The third-order valence-corrected chi connectivity index (χ3v) is 2.56. The molecule has 1 aromatic heterocycles. The first-order valence-electron chi connectivity index (χ1n) is 4.16. The molecule has 2 N–H and O–H groups in total. The van der Waals surface area contributed by atoms with Gasteiger partial charge in [0.2, 0.25) is 0 Å². The van der Waals surface area contributed by atoms with Gasteiger partial charge in [-0.25, -0.2) is 0 Å². The summed E-state index contributed by atoms with van der Waals surface area (Å²) >= 11 is 6.09. The molecule has 2 rings (SSSR count). The molecular weight excluding hydrogens is 184 g/mol. The van der Waals surface area contributed by atoms with E-state index >= 15 is 0 Å². The normalized spacial score (nSPS) is 11.0. The van der Waals surface area contributed by atoms with E-state index in [2.05, 4.69) is 0 Å². The van der Waals surface area contributed by atoms with E-state index in [4.69, 9.17) is 17.3 Å². The van der Waals surface area contributed by atoms with Gasteiger partial charge in [0.1, 0.15) is 0 Å². The fraction of sp³-hybridized carbons (Fsp3) is 0.200. The van der Waals surface area contributed by atoms with Crippen LogP contribution in [0.4, 0.5) is 0 Å². The number of aromatic nitrogens is 1. The molecule has 68 valence electrons. The van der Waals surface area contributed by atoms with Crippen molar-refractivity contribution in [3.8, 4) is 0 Å². The minimum Gasteiger partial charge on any atom is -0.349 e. The standard InChI is InChI=1S/C10H11ClN2/c1-13-6-8(11)10-7(5-12)3-2-4-9(10)13/h2-4,6H,5,12H2,1H3. The van der Waals surface area contributed by atoms with Gasteiger partial charge in [0.25, 0.3) is 0 Å². The zero-order valence-corrected chi connectivity index (χ0v) is 8.17. The smallest absolute Gasteiger partial charge is 0.0664 e. The van der Waals surface area contributed by atoms with E-state index in [1.54, 1.807) is 0 Å². The quantitative estimate of drug-likeness (QED) is 0.742. The Hall–Kier alpha value is -0.990. The van der Waals surface area contributed by atoms with Crippen LogP contribution in [0.15, 0.2) is 24.4 Å². The van der Waals surface area contributed by atoms with Gasteiger partial charge in [0.05, 0.1) is 5.02 Å². The van der Waals surface area contributed by atoms with Crippen molar-refractivity contribution in [3.63, 3.8) is 0 Å². The summed E-state index contributed by atoms with van der Waals surface area (Å²) in [5.41, 5.74) is 7.86. The van der Waals surface area contributed by atoms with Crippen LogP contribution >= 0.6 is 11.6 Å². The minimum atomic E-state index is 0.529. The topological polar surface area (TPSA) is 30.9 Å². The Morgan fingerprint density at radius 1 is 1.46 bits per heavy atom. The highest BCUT2D eigenvalue weighted by molar-refractivity contribution is 6.35. The van der Waals surface area contributed by atoms with Gasteiger partial charge >= 0.3 is 0 Å². The second kappa shape index (κ2) is 3.05. The van der Waals surface area contributed by atoms with Gasteiger partial charge in [0, 0.05) is 30.7 Å². The summed E-state index contributed by atoms with van der Waals surface area (Å²) < 4.78 is 2.01. The van der Waals surface area contributed by atoms with Crippen LogP contribution in [0.25, 0.3) is 10.9 Å². The number of aryl methyl sites for hydroxylation is 1. The molecule has 0 aliphatic heterocycles. The molecule has 0 amide bonds. The van der Waals surface area contributed by atoms with Crippen molar-refractivity contribution >= 4 is 22.5 Å². The third kappa shape index (κ3) is 1.23. The lowest BCUT2D eigenvalue weighted by atomic mass is 10.1. The number of halogens is 1. The summed E-state index contributed by atoms with van der Waals surface area (Å²) in [6.07, 6.45) is 1.91. The molecule has 0 fully saturated rings. The average molecular weight is 195 g/mol. The summed E-state index contributed by atoms with van der Waals surface area (Å²) in [5, 5.41) is 1.85. The predicted molar refractivity (Wildman–Crippen MR) is 55.8 cm³/mol. The Balaban J connectivity index is 2.88. The number of nitrogens with zero attached hydrogens (tertiary/aromatic N) is 1. The van der Waals surface area contributed by atoms with Crippen LogP contribution in [0.5, 0.6) is 0 Å². The predicted octanol–water partition coefficient (Wildman–Crippen LogP) is 2.29. The van der Waals surface area contributed by atoms with E-state index < -0.39 is 0 Å². The van der Waals surface area contributed by atoms with Gasteiger partial charge in [-0.05, 0) is 11.6 Å². The second-order valence-corrected chi connectivity index (χ2v) is 3.51. The van der Waals surface area contributed by atoms with Gasteiger partial charge in [0.15, 0.2) is 0 Å². The first-order valence-corrected chi connectivity index (χ1v) is 4.54. The van der Waals surface area contributed by atoms with Crippen molar-refractivity contribution in [2.75, 3.05) is 0 Å². The van der Waals surface area contributed by atoms with Gasteiger partial charge in [-0.15, -0.1) is 0 Å². The lowest BCUT2D eigenvalue weighted by molar-refractivity contribution is 0.968. The van der Waals surface area contributed by atoms with Crippen molar-refractivity contribution in [2.24, 2.45) is 12.8 Å². The number of hydrogen-bond donors (Lipinski definition) is 1. The first kappa shape index (κ1) is 8.60. The van der Waals surface area contributed by atoms with Gasteiger partial charge in [-0.3, -0.25) is 0 Å². The summed E-state index contributed by atoms with van der Waals surface area (Å²) in [7, 11) is 1.98. The molecule has 13 heavy (non-hydrogen) atoms. The molecule has 0 unspecified atom stereocenters. The highest BCUT2D eigenvalue weighted by Gasteiger charge is 2.07. The Labute approximate surface area is 81.9 Å². The molecular formula is C10H11ClN2. The highest BCUT2D eigenvalue weighted by atomic mass is 35.5. The molecule has 3 heteroatoms. The summed E-state index contributed by atoms with van der Waals surface area (Å²) in [5.74, 6) is 0. The second-order valence-electron chi connectivity index (χ2n) is 3.10. The molecule has 2 nitrogen and oxygen atoms in total. The fourth-order valence-electron chi connectivity index (χ4n) is 1.63. The Morgan fingerprint density at radius 3 is 2.92 bits per heavy atom. The van der Waals surface area contributed by atoms with Crippen LogP contribution in [0.3, 0.4) is 0 Å². The van der Waals surface area contributed by atoms with Gasteiger partial charge in [-0.1, -0.05) is 23.7 Å². The molecule has 0 bridgehead atoms. The molecule has 0 aliphatic rings. The third-order valence-electron chi connectivity index (χ3n) is 2.27. The Morgan fingerprint density at radius 2 is 2.23 bits per heavy atom. The zero-order chi connectivity index (χ0) is 9.42. The monoisotopic (exact) mass is 194 g/mol. The lowest BCUT2D eigenvalue weighted by Gasteiger charge is -2.00. The number of benzene rings is 1. The average Bonchev–Trinajstić information content (AvgIpc) is 2.43. The maximum atomic E-state index is 6.09. The van der Waals surface area contributed by atoms with Gasteiger partial charge < -0.3 is 10.3 Å². The molecule has 2 aromatic rings. The van der Waals surface area contributed by atoms with Crippen molar-refractivity contribution in [1.29, 1.82) is 0 Å². The zero-order valence-electron chi connectivity index (χ0n) is 7.42. The van der Waals surface area contributed by atoms with E-state index in [-0.39, 0.29) is 0 Å². The fourth-order valence-corrected chi connectivity index (χ4v) is 2.00. The Bertz CT molecular complexity index is 445. The van der Waals surface area contributed by atoms with Crippen molar-refractivity contribution < 1.29 is 0 Å². The number of hydrogen-bond acceptors (Lipinski definition) is 1. The van der Waals surface area contributed by atoms with Crippen molar-refractivity contribution in [1.82, 2.24) is 4.57 Å². The van der Waals surface area contributed by atoms with E-state index in [1.807, 2.05) is 36.0 Å². The molecule has 1 heterocycles. The molecule has 0 aliphatic carbocycles.